The molecule has 0 bridgehead atoms. The number of nitrogens with zero attached hydrogens (tertiary/aromatic N) is 1. The lowest BCUT2D eigenvalue weighted by Crippen LogP contribution is -2.44. The number of para-hydroxylation sites is 1. The largest absolute Gasteiger partial charge is 0.492 e. The number of aliphatic imine (C=N–C) groups is 1. The number of hydrogen-bond donors (Lipinski definition) is 2. The highest BCUT2D eigenvalue weighted by molar-refractivity contribution is 14.0. The summed E-state index contributed by atoms with van der Waals surface area (Å²) in [7, 11) is -2.89. The van der Waals surface area contributed by atoms with Crippen LogP contribution in [0.1, 0.15) is 13.3 Å². The van der Waals surface area contributed by atoms with Gasteiger partial charge in [-0.25, -0.2) is 13.4 Å². The minimum Gasteiger partial charge on any atom is -0.492 e. The number of benzene rings is 1. The van der Waals surface area contributed by atoms with Gasteiger partial charge in [-0.3, -0.25) is 0 Å². The number of rotatable bonds is 6. The zero-order chi connectivity index (χ0) is 15.8. The lowest BCUT2D eigenvalue weighted by molar-refractivity contribution is 0.328. The van der Waals surface area contributed by atoms with E-state index in [2.05, 4.69) is 15.6 Å². The molecule has 1 atom stereocenters. The van der Waals surface area contributed by atoms with Gasteiger partial charge in [0.1, 0.15) is 12.4 Å². The highest BCUT2D eigenvalue weighted by Gasteiger charge is 2.28. The van der Waals surface area contributed by atoms with Crippen molar-refractivity contribution in [2.24, 2.45) is 4.99 Å². The number of hydrogen-bond acceptors (Lipinski definition) is 4. The molecule has 1 heterocycles. The predicted molar refractivity (Wildman–Crippen MR) is 104 cm³/mol. The SMILES string of the molecule is CCNC(=NCCOc1ccccc1)NC1CCS(=O)(=O)C1.I. The Morgan fingerprint density at radius 3 is 2.70 bits per heavy atom. The molecule has 1 saturated heterocycles. The molecule has 2 N–H and O–H groups in total. The Balaban J connectivity index is 0.00000264. The summed E-state index contributed by atoms with van der Waals surface area (Å²) >= 11 is 0. The summed E-state index contributed by atoms with van der Waals surface area (Å²) in [4.78, 5) is 4.41. The number of guanidine groups is 1. The van der Waals surface area contributed by atoms with Crippen LogP contribution in [0.2, 0.25) is 0 Å². The van der Waals surface area contributed by atoms with Crippen LogP contribution in [0.4, 0.5) is 0 Å². The summed E-state index contributed by atoms with van der Waals surface area (Å²) in [5.41, 5.74) is 0. The van der Waals surface area contributed by atoms with E-state index in [1.807, 2.05) is 37.3 Å². The van der Waals surface area contributed by atoms with Crippen LogP contribution in [0.15, 0.2) is 35.3 Å². The lowest BCUT2D eigenvalue weighted by Gasteiger charge is -2.15. The van der Waals surface area contributed by atoms with Crippen LogP contribution in [-0.2, 0) is 9.84 Å². The van der Waals surface area contributed by atoms with Crippen molar-refractivity contribution in [2.75, 3.05) is 31.2 Å². The van der Waals surface area contributed by atoms with Gasteiger partial charge in [-0.1, -0.05) is 18.2 Å². The summed E-state index contributed by atoms with van der Waals surface area (Å²) in [5, 5.41) is 6.30. The van der Waals surface area contributed by atoms with E-state index < -0.39 is 9.84 Å². The van der Waals surface area contributed by atoms with E-state index in [9.17, 15) is 8.42 Å². The van der Waals surface area contributed by atoms with E-state index in [0.717, 1.165) is 12.3 Å². The van der Waals surface area contributed by atoms with E-state index in [4.69, 9.17) is 4.74 Å². The summed E-state index contributed by atoms with van der Waals surface area (Å²) in [6.07, 6.45) is 0.632. The predicted octanol–water partition coefficient (Wildman–Crippen LogP) is 1.43. The molecule has 1 aromatic carbocycles. The van der Waals surface area contributed by atoms with Gasteiger partial charge in [-0.15, -0.1) is 24.0 Å². The van der Waals surface area contributed by atoms with Gasteiger partial charge in [0.05, 0.1) is 18.1 Å². The fourth-order valence-electron chi connectivity index (χ4n) is 2.26. The molecule has 8 heteroatoms. The Morgan fingerprint density at radius 2 is 2.09 bits per heavy atom. The minimum absolute atomic E-state index is 0. The van der Waals surface area contributed by atoms with Crippen LogP contribution in [0, 0.1) is 0 Å². The molecule has 23 heavy (non-hydrogen) atoms. The third kappa shape index (κ3) is 7.38. The number of sulfone groups is 1. The van der Waals surface area contributed by atoms with Crippen molar-refractivity contribution in [1.82, 2.24) is 10.6 Å². The normalized spacial score (nSPS) is 19.7. The molecule has 0 aliphatic carbocycles. The molecular weight excluding hydrogens is 429 g/mol. The number of nitrogens with one attached hydrogen (secondary N) is 2. The lowest BCUT2D eigenvalue weighted by atomic mass is 10.3. The van der Waals surface area contributed by atoms with Crippen molar-refractivity contribution in [3.8, 4) is 5.75 Å². The second-order valence-electron chi connectivity index (χ2n) is 5.17. The van der Waals surface area contributed by atoms with E-state index in [0.29, 0.717) is 25.5 Å². The molecule has 0 spiro atoms. The zero-order valence-electron chi connectivity index (χ0n) is 13.2. The van der Waals surface area contributed by atoms with Gasteiger partial charge < -0.3 is 15.4 Å². The average Bonchev–Trinajstić information content (AvgIpc) is 2.84. The second kappa shape index (κ2) is 9.96. The van der Waals surface area contributed by atoms with Crippen LogP contribution in [0.5, 0.6) is 5.75 Å². The summed E-state index contributed by atoms with van der Waals surface area (Å²) in [5.74, 6) is 1.89. The van der Waals surface area contributed by atoms with Crippen molar-refractivity contribution in [1.29, 1.82) is 0 Å². The first kappa shape index (κ1) is 20.0. The van der Waals surface area contributed by atoms with Crippen LogP contribution in [0.3, 0.4) is 0 Å². The molecule has 1 aromatic rings. The molecule has 1 fully saturated rings. The van der Waals surface area contributed by atoms with Crippen molar-refractivity contribution in [3.05, 3.63) is 30.3 Å². The quantitative estimate of drug-likeness (QED) is 0.295. The van der Waals surface area contributed by atoms with Crippen molar-refractivity contribution in [3.63, 3.8) is 0 Å². The number of ether oxygens (including phenoxy) is 1. The third-order valence-electron chi connectivity index (χ3n) is 3.29. The topological polar surface area (TPSA) is 79.8 Å². The summed E-state index contributed by atoms with van der Waals surface area (Å²) < 4.78 is 28.5. The Morgan fingerprint density at radius 1 is 1.35 bits per heavy atom. The molecule has 0 radical (unpaired) electrons. The van der Waals surface area contributed by atoms with E-state index >= 15 is 0 Å². The van der Waals surface area contributed by atoms with Crippen molar-refractivity contribution >= 4 is 39.8 Å². The highest BCUT2D eigenvalue weighted by Crippen LogP contribution is 2.11. The molecule has 0 saturated carbocycles. The first-order chi connectivity index (χ1) is 10.6. The van der Waals surface area contributed by atoms with Gasteiger partial charge in [0.25, 0.3) is 0 Å². The third-order valence-corrected chi connectivity index (χ3v) is 5.06. The maximum Gasteiger partial charge on any atom is 0.191 e. The smallest absolute Gasteiger partial charge is 0.191 e. The average molecular weight is 453 g/mol. The van der Waals surface area contributed by atoms with Gasteiger partial charge in [0.15, 0.2) is 15.8 Å². The number of halogens is 1. The van der Waals surface area contributed by atoms with Gasteiger partial charge in [-0.05, 0) is 25.5 Å². The molecule has 0 aromatic heterocycles. The van der Waals surface area contributed by atoms with E-state index in [1.165, 1.54) is 0 Å². The van der Waals surface area contributed by atoms with Gasteiger partial charge in [0, 0.05) is 12.6 Å². The van der Waals surface area contributed by atoms with Gasteiger partial charge in [0.2, 0.25) is 0 Å². The summed E-state index contributed by atoms with van der Waals surface area (Å²) in [6, 6.07) is 9.52. The first-order valence-electron chi connectivity index (χ1n) is 7.52. The van der Waals surface area contributed by atoms with E-state index in [1.54, 1.807) is 0 Å². The molecule has 1 aliphatic rings. The van der Waals surface area contributed by atoms with Crippen molar-refractivity contribution < 1.29 is 13.2 Å². The molecule has 0 amide bonds. The Bertz CT molecular complexity index is 593. The molecule has 2 rings (SSSR count). The molecular formula is C15H24IN3O3S. The highest BCUT2D eigenvalue weighted by atomic mass is 127. The minimum atomic E-state index is -2.89. The first-order valence-corrected chi connectivity index (χ1v) is 9.34. The monoisotopic (exact) mass is 453 g/mol. The Labute approximate surface area is 155 Å². The second-order valence-corrected chi connectivity index (χ2v) is 7.40. The molecule has 1 aliphatic heterocycles. The fraction of sp³-hybridized carbons (Fsp3) is 0.533. The maximum atomic E-state index is 11.5. The van der Waals surface area contributed by atoms with Crippen LogP contribution in [-0.4, -0.2) is 51.6 Å². The molecule has 6 nitrogen and oxygen atoms in total. The van der Waals surface area contributed by atoms with Crippen LogP contribution in [0.25, 0.3) is 0 Å². The van der Waals surface area contributed by atoms with Crippen LogP contribution >= 0.6 is 24.0 Å². The Kier molecular flexibility index (Phi) is 8.67. The Hall–Kier alpha value is -1.03. The van der Waals surface area contributed by atoms with Crippen molar-refractivity contribution in [2.45, 2.75) is 19.4 Å². The molecule has 1 unspecified atom stereocenters. The standard InChI is InChI=1S/C15H23N3O3S.HI/c1-2-16-15(18-13-8-11-22(19,20)12-13)17-9-10-21-14-6-4-3-5-7-14;/h3-7,13H,2,8-12H2,1H3,(H2,16,17,18);1H. The fourth-order valence-corrected chi connectivity index (χ4v) is 3.93. The molecule has 130 valence electrons. The maximum absolute atomic E-state index is 11.5. The van der Waals surface area contributed by atoms with E-state index in [-0.39, 0.29) is 41.5 Å². The van der Waals surface area contributed by atoms with Crippen LogP contribution < -0.4 is 15.4 Å². The zero-order valence-corrected chi connectivity index (χ0v) is 16.3. The summed E-state index contributed by atoms with van der Waals surface area (Å²) in [6.45, 7) is 3.68. The van der Waals surface area contributed by atoms with Gasteiger partial charge in [-0.2, -0.15) is 0 Å². The van der Waals surface area contributed by atoms with Gasteiger partial charge >= 0.3 is 0 Å².